The Hall–Kier alpha value is -4.07. The minimum Gasteiger partial charge on any atom is -0.375 e. The molecular formula is C21H30N8O5S. The Morgan fingerprint density at radius 2 is 1.60 bits per heavy atom. The Labute approximate surface area is 202 Å². The monoisotopic (exact) mass is 506 g/mol. The number of amides is 1. The van der Waals surface area contributed by atoms with Crippen molar-refractivity contribution in [3.05, 3.63) is 62.3 Å². The fraction of sp³-hybridized carbons (Fsp3) is 0.333. The molecule has 5 N–H and O–H groups in total. The quantitative estimate of drug-likeness (QED) is 0.303. The van der Waals surface area contributed by atoms with Crippen LogP contribution in [0.25, 0.3) is 0 Å². The van der Waals surface area contributed by atoms with E-state index in [1.807, 2.05) is 44.2 Å². The molecule has 0 unspecified atom stereocenters. The van der Waals surface area contributed by atoms with Crippen LogP contribution < -0.4 is 26.5 Å². The SMILES string of the molecule is CC.CN(C)C(=O)c1nn(C)c(Nc2c(NCc3ccccc3)c(=O)[nH][nH]c2=O)c1NS(C)(=O)=O. The normalized spacial score (nSPS) is 10.7. The van der Waals surface area contributed by atoms with Crippen molar-refractivity contribution in [2.24, 2.45) is 7.05 Å². The standard InChI is InChI=1S/C19H24N8O5S.C2H6/c1-26(2)19(30)15-12(25-33(4,31)32)16(27(3)24-15)21-14-13(17(28)22-23-18(14)29)20-10-11-8-6-5-7-9-11;1-2/h5-9,25H,10H2,1-4H3,(H2,20,23,29)(H2,21,22,28);1-2H3. The summed E-state index contributed by atoms with van der Waals surface area (Å²) in [5.41, 5.74) is -1.04. The maximum atomic E-state index is 12.6. The number of hydrogen-bond acceptors (Lipinski definition) is 8. The Balaban J connectivity index is 0.00000210. The number of aromatic nitrogens is 4. The zero-order valence-corrected chi connectivity index (χ0v) is 21.2. The molecular weight excluding hydrogens is 476 g/mol. The fourth-order valence-corrected chi connectivity index (χ4v) is 3.53. The van der Waals surface area contributed by atoms with Gasteiger partial charge in [0.05, 0.1) is 6.26 Å². The number of carbonyl (C=O) groups excluding carboxylic acids is 1. The molecule has 0 aliphatic heterocycles. The topological polar surface area (TPSA) is 174 Å². The number of anilines is 4. The largest absolute Gasteiger partial charge is 0.375 e. The number of sulfonamides is 1. The Bertz CT molecular complexity index is 1390. The molecule has 2 heterocycles. The van der Waals surface area contributed by atoms with Gasteiger partial charge in [-0.1, -0.05) is 44.2 Å². The average molecular weight is 507 g/mol. The van der Waals surface area contributed by atoms with Crippen molar-refractivity contribution in [3.8, 4) is 0 Å². The maximum Gasteiger partial charge on any atom is 0.288 e. The van der Waals surface area contributed by atoms with Gasteiger partial charge in [0, 0.05) is 27.7 Å². The zero-order valence-electron chi connectivity index (χ0n) is 20.4. The van der Waals surface area contributed by atoms with Crippen LogP contribution in [0.5, 0.6) is 0 Å². The number of aryl methyl sites for hydroxylation is 1. The third-order valence-electron chi connectivity index (χ3n) is 4.49. The second kappa shape index (κ2) is 11.4. The molecule has 0 atom stereocenters. The van der Waals surface area contributed by atoms with Gasteiger partial charge in [0.2, 0.25) is 10.0 Å². The molecule has 3 rings (SSSR count). The first-order valence-electron chi connectivity index (χ1n) is 10.6. The van der Waals surface area contributed by atoms with E-state index in [1.165, 1.54) is 30.7 Å². The number of H-pyrrole nitrogens is 2. The first-order chi connectivity index (χ1) is 16.5. The molecule has 3 aromatic rings. The van der Waals surface area contributed by atoms with E-state index in [2.05, 4.69) is 30.7 Å². The van der Waals surface area contributed by atoms with E-state index in [1.54, 1.807) is 0 Å². The predicted molar refractivity (Wildman–Crippen MR) is 136 cm³/mol. The van der Waals surface area contributed by atoms with Gasteiger partial charge in [-0.3, -0.25) is 29.3 Å². The van der Waals surface area contributed by atoms with Gasteiger partial charge in [-0.05, 0) is 5.56 Å². The van der Waals surface area contributed by atoms with E-state index in [4.69, 9.17) is 0 Å². The summed E-state index contributed by atoms with van der Waals surface area (Å²) < 4.78 is 27.4. The second-order valence-corrected chi connectivity index (χ2v) is 9.14. The van der Waals surface area contributed by atoms with Crippen molar-refractivity contribution in [1.82, 2.24) is 24.9 Å². The van der Waals surface area contributed by atoms with E-state index < -0.39 is 27.0 Å². The van der Waals surface area contributed by atoms with Crippen molar-refractivity contribution >= 4 is 38.8 Å². The highest BCUT2D eigenvalue weighted by Crippen LogP contribution is 2.30. The third kappa shape index (κ3) is 6.72. The lowest BCUT2D eigenvalue weighted by molar-refractivity contribution is 0.0822. The lowest BCUT2D eigenvalue weighted by Gasteiger charge is -2.14. The summed E-state index contributed by atoms with van der Waals surface area (Å²) >= 11 is 0. The molecule has 35 heavy (non-hydrogen) atoms. The summed E-state index contributed by atoms with van der Waals surface area (Å²) in [5.74, 6) is -0.573. The number of nitrogens with one attached hydrogen (secondary N) is 5. The van der Waals surface area contributed by atoms with E-state index >= 15 is 0 Å². The summed E-state index contributed by atoms with van der Waals surface area (Å²) in [6.45, 7) is 4.24. The van der Waals surface area contributed by atoms with Gasteiger partial charge < -0.3 is 15.5 Å². The third-order valence-corrected chi connectivity index (χ3v) is 5.07. The molecule has 1 amide bonds. The summed E-state index contributed by atoms with van der Waals surface area (Å²) in [6, 6.07) is 9.20. The highest BCUT2D eigenvalue weighted by Gasteiger charge is 2.27. The Morgan fingerprint density at radius 3 is 2.14 bits per heavy atom. The first-order valence-corrected chi connectivity index (χ1v) is 12.5. The summed E-state index contributed by atoms with van der Waals surface area (Å²) in [6.07, 6.45) is 0.917. The molecule has 14 heteroatoms. The van der Waals surface area contributed by atoms with Crippen molar-refractivity contribution in [2.75, 3.05) is 35.7 Å². The van der Waals surface area contributed by atoms with Gasteiger partial charge in [-0.15, -0.1) is 0 Å². The van der Waals surface area contributed by atoms with Gasteiger partial charge in [-0.25, -0.2) is 13.1 Å². The molecule has 0 spiro atoms. The second-order valence-electron chi connectivity index (χ2n) is 7.39. The van der Waals surface area contributed by atoms with Crippen molar-refractivity contribution in [3.63, 3.8) is 0 Å². The van der Waals surface area contributed by atoms with Crippen LogP contribution >= 0.6 is 0 Å². The van der Waals surface area contributed by atoms with Crippen LogP contribution in [0.2, 0.25) is 0 Å². The van der Waals surface area contributed by atoms with E-state index in [0.717, 1.165) is 11.8 Å². The van der Waals surface area contributed by atoms with Crippen LogP contribution in [0.4, 0.5) is 22.9 Å². The van der Waals surface area contributed by atoms with Crippen LogP contribution in [0, 0.1) is 0 Å². The number of aromatic amines is 2. The van der Waals surface area contributed by atoms with Gasteiger partial charge in [-0.2, -0.15) is 5.10 Å². The molecule has 190 valence electrons. The maximum absolute atomic E-state index is 12.6. The van der Waals surface area contributed by atoms with Crippen molar-refractivity contribution < 1.29 is 13.2 Å². The number of hydrogen-bond donors (Lipinski definition) is 5. The van der Waals surface area contributed by atoms with Gasteiger partial charge >= 0.3 is 0 Å². The Kier molecular flexibility index (Phi) is 8.83. The highest BCUT2D eigenvalue weighted by molar-refractivity contribution is 7.92. The van der Waals surface area contributed by atoms with Gasteiger partial charge in [0.15, 0.2) is 11.5 Å². The van der Waals surface area contributed by atoms with E-state index in [9.17, 15) is 22.8 Å². The highest BCUT2D eigenvalue weighted by atomic mass is 32.2. The van der Waals surface area contributed by atoms with Gasteiger partial charge in [0.25, 0.3) is 17.0 Å². The van der Waals surface area contributed by atoms with E-state index in [-0.39, 0.29) is 35.1 Å². The molecule has 0 aliphatic carbocycles. The lowest BCUT2D eigenvalue weighted by atomic mass is 10.2. The molecule has 0 radical (unpaired) electrons. The zero-order chi connectivity index (χ0) is 26.3. The van der Waals surface area contributed by atoms with Gasteiger partial charge in [0.1, 0.15) is 17.1 Å². The van der Waals surface area contributed by atoms with Crippen LogP contribution in [0.3, 0.4) is 0 Å². The molecule has 0 bridgehead atoms. The van der Waals surface area contributed by atoms with Crippen molar-refractivity contribution in [2.45, 2.75) is 20.4 Å². The Morgan fingerprint density at radius 1 is 1.03 bits per heavy atom. The molecule has 1 aromatic carbocycles. The predicted octanol–water partition coefficient (Wildman–Crippen LogP) is 1.25. The van der Waals surface area contributed by atoms with Crippen LogP contribution in [-0.4, -0.2) is 59.6 Å². The number of rotatable bonds is 8. The fourth-order valence-electron chi connectivity index (χ4n) is 2.97. The molecule has 0 fully saturated rings. The molecule has 2 aromatic heterocycles. The molecule has 0 saturated carbocycles. The van der Waals surface area contributed by atoms with Crippen LogP contribution in [0.15, 0.2) is 39.9 Å². The smallest absolute Gasteiger partial charge is 0.288 e. The van der Waals surface area contributed by atoms with Crippen molar-refractivity contribution in [1.29, 1.82) is 0 Å². The molecule has 0 aliphatic rings. The van der Waals surface area contributed by atoms with Crippen LogP contribution in [-0.2, 0) is 23.6 Å². The number of carbonyl (C=O) groups is 1. The summed E-state index contributed by atoms with van der Waals surface area (Å²) in [5, 5.41) is 14.3. The first kappa shape index (κ1) is 27.2. The minimum absolute atomic E-state index is 0.00974. The lowest BCUT2D eigenvalue weighted by Crippen LogP contribution is -2.26. The summed E-state index contributed by atoms with van der Waals surface area (Å²) in [7, 11) is 0.615. The average Bonchev–Trinajstić information content (AvgIpc) is 3.10. The minimum atomic E-state index is -3.82. The molecule has 0 saturated heterocycles. The number of benzene rings is 1. The summed E-state index contributed by atoms with van der Waals surface area (Å²) in [4.78, 5) is 38.9. The number of nitrogens with zero attached hydrogens (tertiary/aromatic N) is 3. The van der Waals surface area contributed by atoms with Crippen LogP contribution in [0.1, 0.15) is 29.9 Å². The van der Waals surface area contributed by atoms with E-state index in [0.29, 0.717) is 0 Å². The molecule has 13 nitrogen and oxygen atoms in total.